The van der Waals surface area contributed by atoms with Crippen LogP contribution in [-0.4, -0.2) is 39.0 Å². The number of primary sulfonamides is 1. The smallest absolute Gasteiger partial charge is 0.209 e. The van der Waals surface area contributed by atoms with Crippen LogP contribution in [0.4, 0.5) is 0 Å². The first-order valence-electron chi connectivity index (χ1n) is 5.76. The van der Waals surface area contributed by atoms with Crippen LogP contribution < -0.4 is 10.5 Å². The lowest BCUT2D eigenvalue weighted by atomic mass is 10.00. The van der Waals surface area contributed by atoms with Gasteiger partial charge < -0.3 is 10.1 Å². The van der Waals surface area contributed by atoms with E-state index in [9.17, 15) is 8.42 Å². The van der Waals surface area contributed by atoms with E-state index in [0.29, 0.717) is 19.0 Å². The molecule has 2 atom stereocenters. The Bertz CT molecular complexity index is 295. The molecule has 5 nitrogen and oxygen atoms in total. The van der Waals surface area contributed by atoms with Gasteiger partial charge in [-0.3, -0.25) is 0 Å². The van der Waals surface area contributed by atoms with Crippen LogP contribution in [-0.2, 0) is 14.8 Å². The van der Waals surface area contributed by atoms with E-state index in [1.165, 1.54) is 0 Å². The lowest BCUT2D eigenvalue weighted by Gasteiger charge is -2.32. The maximum atomic E-state index is 10.7. The minimum absolute atomic E-state index is 0.0499. The molecule has 1 saturated heterocycles. The fourth-order valence-corrected chi connectivity index (χ4v) is 2.70. The van der Waals surface area contributed by atoms with Crippen molar-refractivity contribution >= 4 is 10.0 Å². The van der Waals surface area contributed by atoms with Crippen LogP contribution in [0.15, 0.2) is 0 Å². The van der Waals surface area contributed by atoms with Gasteiger partial charge in [0.05, 0.1) is 18.0 Å². The van der Waals surface area contributed by atoms with Gasteiger partial charge in [-0.15, -0.1) is 0 Å². The number of rotatable bonds is 5. The molecule has 0 aromatic rings. The van der Waals surface area contributed by atoms with Crippen molar-refractivity contribution in [2.75, 3.05) is 12.3 Å². The molecule has 0 aromatic carbocycles. The molecule has 1 aliphatic rings. The van der Waals surface area contributed by atoms with Crippen molar-refractivity contribution < 1.29 is 13.2 Å². The van der Waals surface area contributed by atoms with Gasteiger partial charge in [-0.1, -0.05) is 0 Å². The van der Waals surface area contributed by atoms with Crippen LogP contribution >= 0.6 is 0 Å². The summed E-state index contributed by atoms with van der Waals surface area (Å²) in [6, 6.07) is 0.430. The highest BCUT2D eigenvalue weighted by Gasteiger charge is 2.23. The van der Waals surface area contributed by atoms with Crippen LogP contribution in [0.1, 0.15) is 33.1 Å². The highest BCUT2D eigenvalue weighted by Crippen LogP contribution is 2.18. The van der Waals surface area contributed by atoms with Gasteiger partial charge in [0.25, 0.3) is 0 Å². The van der Waals surface area contributed by atoms with E-state index < -0.39 is 10.0 Å². The summed E-state index contributed by atoms with van der Waals surface area (Å²) in [5.41, 5.74) is 0. The predicted molar refractivity (Wildman–Crippen MR) is 63.6 cm³/mol. The second-order valence-electron chi connectivity index (χ2n) is 4.60. The van der Waals surface area contributed by atoms with Crippen LogP contribution in [0.2, 0.25) is 0 Å². The van der Waals surface area contributed by atoms with E-state index in [4.69, 9.17) is 9.88 Å². The van der Waals surface area contributed by atoms with Gasteiger partial charge in [-0.2, -0.15) is 0 Å². The first-order valence-corrected chi connectivity index (χ1v) is 7.47. The molecule has 0 amide bonds. The summed E-state index contributed by atoms with van der Waals surface area (Å²) in [6.45, 7) is 4.82. The molecule has 2 unspecified atom stereocenters. The minimum atomic E-state index is -3.31. The maximum absolute atomic E-state index is 10.7. The quantitative estimate of drug-likeness (QED) is 0.683. The topological polar surface area (TPSA) is 81.4 Å². The van der Waals surface area contributed by atoms with E-state index in [1.807, 2.05) is 0 Å². The summed E-state index contributed by atoms with van der Waals surface area (Å²) >= 11 is 0. The molecule has 16 heavy (non-hydrogen) atoms. The lowest BCUT2D eigenvalue weighted by molar-refractivity contribution is -0.0419. The van der Waals surface area contributed by atoms with Crippen molar-refractivity contribution in [3.63, 3.8) is 0 Å². The zero-order valence-corrected chi connectivity index (χ0v) is 10.8. The van der Waals surface area contributed by atoms with Gasteiger partial charge in [0, 0.05) is 6.04 Å². The molecule has 0 saturated carbocycles. The summed E-state index contributed by atoms with van der Waals surface area (Å²) in [5.74, 6) is 0.0499. The average molecular weight is 250 g/mol. The molecular weight excluding hydrogens is 228 g/mol. The maximum Gasteiger partial charge on any atom is 0.209 e. The van der Waals surface area contributed by atoms with E-state index >= 15 is 0 Å². The largest absolute Gasteiger partial charge is 0.375 e. The van der Waals surface area contributed by atoms with Crippen molar-refractivity contribution in [2.45, 2.75) is 51.4 Å². The number of ether oxygens (including phenoxy) is 1. The van der Waals surface area contributed by atoms with E-state index in [2.05, 4.69) is 19.2 Å². The molecule has 0 aliphatic carbocycles. The Morgan fingerprint density at radius 2 is 1.88 bits per heavy atom. The van der Waals surface area contributed by atoms with Gasteiger partial charge >= 0.3 is 0 Å². The Kier molecular flexibility index (Phi) is 5.17. The normalized spacial score (nSPS) is 31.6. The Morgan fingerprint density at radius 3 is 2.38 bits per heavy atom. The fourth-order valence-electron chi connectivity index (χ4n) is 2.15. The molecular formula is C10H22N2O3S. The Balaban J connectivity index is 2.17. The third-order valence-electron chi connectivity index (χ3n) is 2.74. The van der Waals surface area contributed by atoms with Crippen molar-refractivity contribution in [3.8, 4) is 0 Å². The molecule has 1 rings (SSSR count). The molecule has 0 radical (unpaired) electrons. The van der Waals surface area contributed by atoms with Crippen molar-refractivity contribution in [2.24, 2.45) is 5.14 Å². The van der Waals surface area contributed by atoms with Gasteiger partial charge in [0.15, 0.2) is 0 Å². The molecule has 0 aromatic heterocycles. The van der Waals surface area contributed by atoms with Crippen molar-refractivity contribution in [1.29, 1.82) is 0 Å². The number of hydrogen-bond acceptors (Lipinski definition) is 4. The first-order chi connectivity index (χ1) is 7.37. The van der Waals surface area contributed by atoms with E-state index in [0.717, 1.165) is 12.8 Å². The number of hydrogen-bond donors (Lipinski definition) is 2. The number of nitrogens with two attached hydrogens (primary N) is 1. The molecule has 6 heteroatoms. The monoisotopic (exact) mass is 250 g/mol. The first kappa shape index (κ1) is 13.9. The molecule has 3 N–H and O–H groups in total. The summed E-state index contributed by atoms with van der Waals surface area (Å²) in [6.07, 6.45) is 3.09. The van der Waals surface area contributed by atoms with Crippen LogP contribution in [0.5, 0.6) is 0 Å². The van der Waals surface area contributed by atoms with Crippen LogP contribution in [0.25, 0.3) is 0 Å². The molecule has 1 fully saturated rings. The van der Waals surface area contributed by atoms with E-state index in [-0.39, 0.29) is 18.0 Å². The van der Waals surface area contributed by atoms with Gasteiger partial charge in [0.2, 0.25) is 10.0 Å². The van der Waals surface area contributed by atoms with Gasteiger partial charge in [0.1, 0.15) is 0 Å². The number of nitrogens with one attached hydrogen (secondary N) is 1. The molecule has 1 heterocycles. The molecule has 0 bridgehead atoms. The third-order valence-corrected chi connectivity index (χ3v) is 3.59. The average Bonchev–Trinajstić information content (AvgIpc) is 2.09. The highest BCUT2D eigenvalue weighted by atomic mass is 32.2. The fraction of sp³-hybridized carbons (Fsp3) is 1.00. The lowest BCUT2D eigenvalue weighted by Crippen LogP contribution is -2.42. The van der Waals surface area contributed by atoms with Crippen LogP contribution in [0, 0.1) is 0 Å². The Labute approximate surface area is 97.8 Å². The summed E-state index contributed by atoms with van der Waals surface area (Å²) in [7, 11) is -3.31. The highest BCUT2D eigenvalue weighted by molar-refractivity contribution is 7.89. The van der Waals surface area contributed by atoms with Gasteiger partial charge in [-0.05, 0) is 39.7 Å². The van der Waals surface area contributed by atoms with Crippen molar-refractivity contribution in [1.82, 2.24) is 5.32 Å². The van der Waals surface area contributed by atoms with Crippen molar-refractivity contribution in [3.05, 3.63) is 0 Å². The summed E-state index contributed by atoms with van der Waals surface area (Å²) in [4.78, 5) is 0. The predicted octanol–water partition coefficient (Wildman–Crippen LogP) is 0.211. The molecule has 0 spiro atoms. The third kappa shape index (κ3) is 5.79. The SMILES string of the molecule is CC1CC(NCCCS(N)(=O)=O)CC(C)O1. The van der Waals surface area contributed by atoms with E-state index in [1.54, 1.807) is 0 Å². The Hall–Kier alpha value is -0.170. The standard InChI is InChI=1S/C10H22N2O3S/c1-8-6-10(7-9(2)15-8)12-4-3-5-16(11,13)14/h8-10,12H,3-7H2,1-2H3,(H2,11,13,14). The summed E-state index contributed by atoms with van der Waals surface area (Å²) in [5, 5.41) is 8.28. The zero-order chi connectivity index (χ0) is 12.2. The second kappa shape index (κ2) is 5.95. The number of sulfonamides is 1. The van der Waals surface area contributed by atoms with Gasteiger partial charge in [-0.25, -0.2) is 13.6 Å². The minimum Gasteiger partial charge on any atom is -0.375 e. The van der Waals surface area contributed by atoms with Crippen LogP contribution in [0.3, 0.4) is 0 Å². The summed E-state index contributed by atoms with van der Waals surface area (Å²) < 4.78 is 27.1. The molecule has 1 aliphatic heterocycles. The Morgan fingerprint density at radius 1 is 1.31 bits per heavy atom. The second-order valence-corrected chi connectivity index (χ2v) is 6.33. The molecule has 96 valence electrons. The zero-order valence-electron chi connectivity index (χ0n) is 9.98.